The zero-order valence-electron chi connectivity index (χ0n) is 15.6. The van der Waals surface area contributed by atoms with Gasteiger partial charge in [0.2, 0.25) is 0 Å². The molecule has 1 aromatic carbocycles. The minimum atomic E-state index is -3.89. The van der Waals surface area contributed by atoms with Gasteiger partial charge in [0.05, 0.1) is 5.56 Å². The number of likely N-dealkylation sites (tertiary alicyclic amines) is 1. The molecule has 1 saturated heterocycles. The van der Waals surface area contributed by atoms with E-state index in [-0.39, 0.29) is 16.4 Å². The van der Waals surface area contributed by atoms with Crippen molar-refractivity contribution in [2.24, 2.45) is 0 Å². The molecular formula is C19H25N3O3S. The van der Waals surface area contributed by atoms with E-state index in [0.717, 1.165) is 24.0 Å². The first-order chi connectivity index (χ1) is 12.2. The number of H-pyrrole nitrogens is 1. The number of aromatic nitrogens is 1. The number of nitrogens with one attached hydrogen (secondary N) is 2. The lowest BCUT2D eigenvalue weighted by Crippen LogP contribution is -2.29. The molecule has 1 aliphatic heterocycles. The van der Waals surface area contributed by atoms with Crippen molar-refractivity contribution in [2.75, 3.05) is 17.8 Å². The van der Waals surface area contributed by atoms with Crippen molar-refractivity contribution < 1.29 is 13.2 Å². The lowest BCUT2D eigenvalue weighted by atomic mass is 10.1. The predicted molar refractivity (Wildman–Crippen MR) is 102 cm³/mol. The zero-order valence-corrected chi connectivity index (χ0v) is 16.5. The largest absolute Gasteiger partial charge is 0.361 e. The Balaban J connectivity index is 2.03. The highest BCUT2D eigenvalue weighted by atomic mass is 32.2. The van der Waals surface area contributed by atoms with Crippen LogP contribution in [0.4, 0.5) is 5.69 Å². The van der Waals surface area contributed by atoms with Gasteiger partial charge in [-0.25, -0.2) is 8.42 Å². The second-order valence-electron chi connectivity index (χ2n) is 7.06. The van der Waals surface area contributed by atoms with Crippen molar-refractivity contribution in [3.05, 3.63) is 46.3 Å². The van der Waals surface area contributed by atoms with Gasteiger partial charge in [0, 0.05) is 30.2 Å². The number of hydrogen-bond acceptors (Lipinski definition) is 3. The van der Waals surface area contributed by atoms with Gasteiger partial charge in [-0.2, -0.15) is 0 Å². The number of sulfonamides is 1. The van der Waals surface area contributed by atoms with E-state index < -0.39 is 10.0 Å². The lowest BCUT2D eigenvalue weighted by Gasteiger charge is -2.17. The van der Waals surface area contributed by atoms with Crippen LogP contribution in [0.3, 0.4) is 0 Å². The molecule has 26 heavy (non-hydrogen) atoms. The standard InChI is InChI=1S/C19H25N3O3S/c1-12-9-13(2)11-16(10-12)21-26(24,25)18-15(4)20-14(3)17(18)19(23)22-7-5-6-8-22/h9-11,20-21H,5-8H2,1-4H3. The van der Waals surface area contributed by atoms with E-state index in [4.69, 9.17) is 0 Å². The Bertz CT molecular complexity index is 934. The highest BCUT2D eigenvalue weighted by molar-refractivity contribution is 7.92. The second-order valence-corrected chi connectivity index (χ2v) is 8.68. The number of aryl methyl sites for hydroxylation is 4. The van der Waals surface area contributed by atoms with E-state index in [9.17, 15) is 13.2 Å². The Labute approximate surface area is 154 Å². The first kappa shape index (κ1) is 18.5. The molecule has 0 spiro atoms. The molecule has 1 aliphatic rings. The van der Waals surface area contributed by atoms with Crippen molar-refractivity contribution in [2.45, 2.75) is 45.4 Å². The van der Waals surface area contributed by atoms with Crippen LogP contribution < -0.4 is 4.72 Å². The fourth-order valence-electron chi connectivity index (χ4n) is 3.67. The number of nitrogens with zero attached hydrogens (tertiary/aromatic N) is 1. The van der Waals surface area contributed by atoms with Crippen molar-refractivity contribution in [1.82, 2.24) is 9.88 Å². The Hall–Kier alpha value is -2.28. The van der Waals surface area contributed by atoms with Crippen LogP contribution >= 0.6 is 0 Å². The Morgan fingerprint density at radius 1 is 1.00 bits per heavy atom. The van der Waals surface area contributed by atoms with Crippen LogP contribution in [-0.4, -0.2) is 37.3 Å². The maximum absolute atomic E-state index is 13.1. The molecule has 3 rings (SSSR count). The van der Waals surface area contributed by atoms with Crippen molar-refractivity contribution in [1.29, 1.82) is 0 Å². The van der Waals surface area contributed by atoms with Crippen LogP contribution in [0, 0.1) is 27.7 Å². The van der Waals surface area contributed by atoms with Crippen LogP contribution in [0.5, 0.6) is 0 Å². The predicted octanol–water partition coefficient (Wildman–Crippen LogP) is 3.29. The van der Waals surface area contributed by atoms with Gasteiger partial charge in [0.1, 0.15) is 4.90 Å². The van der Waals surface area contributed by atoms with Gasteiger partial charge in [-0.3, -0.25) is 9.52 Å². The first-order valence-corrected chi connectivity index (χ1v) is 10.3. The molecule has 0 radical (unpaired) electrons. The molecule has 6 nitrogen and oxygen atoms in total. The number of anilines is 1. The summed E-state index contributed by atoms with van der Waals surface area (Å²) in [6.07, 6.45) is 1.91. The summed E-state index contributed by atoms with van der Waals surface area (Å²) in [5, 5.41) is 0. The smallest absolute Gasteiger partial charge is 0.264 e. The average molecular weight is 375 g/mol. The number of carbonyl (C=O) groups excluding carboxylic acids is 1. The fourth-order valence-corrected chi connectivity index (χ4v) is 5.16. The van der Waals surface area contributed by atoms with E-state index in [0.29, 0.717) is 30.2 Å². The zero-order chi connectivity index (χ0) is 19.1. The van der Waals surface area contributed by atoms with Crippen LogP contribution in [0.25, 0.3) is 0 Å². The van der Waals surface area contributed by atoms with Crippen LogP contribution in [0.15, 0.2) is 23.1 Å². The van der Waals surface area contributed by atoms with Gasteiger partial charge in [-0.15, -0.1) is 0 Å². The van der Waals surface area contributed by atoms with E-state index in [1.807, 2.05) is 19.9 Å². The summed E-state index contributed by atoms with van der Waals surface area (Å²) in [5.74, 6) is -0.217. The third kappa shape index (κ3) is 3.49. The van der Waals surface area contributed by atoms with Gasteiger partial charge >= 0.3 is 0 Å². The number of rotatable bonds is 4. The molecule has 140 valence electrons. The number of amides is 1. The van der Waals surface area contributed by atoms with Crippen molar-refractivity contribution in [3.63, 3.8) is 0 Å². The summed E-state index contributed by atoms with van der Waals surface area (Å²) < 4.78 is 28.8. The molecule has 2 N–H and O–H groups in total. The third-order valence-corrected chi connectivity index (χ3v) is 6.22. The van der Waals surface area contributed by atoms with Gasteiger partial charge in [-0.1, -0.05) is 6.07 Å². The Morgan fingerprint density at radius 2 is 1.58 bits per heavy atom. The van der Waals surface area contributed by atoms with E-state index in [2.05, 4.69) is 9.71 Å². The molecule has 0 atom stereocenters. The van der Waals surface area contributed by atoms with E-state index >= 15 is 0 Å². The summed E-state index contributed by atoms with van der Waals surface area (Å²) >= 11 is 0. The van der Waals surface area contributed by atoms with Crippen LogP contribution in [0.2, 0.25) is 0 Å². The van der Waals surface area contributed by atoms with Crippen molar-refractivity contribution in [3.8, 4) is 0 Å². The molecule has 0 bridgehead atoms. The maximum Gasteiger partial charge on any atom is 0.264 e. The number of carbonyl (C=O) groups is 1. The average Bonchev–Trinajstić information content (AvgIpc) is 3.12. The summed E-state index contributed by atoms with van der Waals surface area (Å²) in [6, 6.07) is 5.54. The summed E-state index contributed by atoms with van der Waals surface area (Å²) in [4.78, 5) is 17.7. The van der Waals surface area contributed by atoms with Crippen molar-refractivity contribution >= 4 is 21.6 Å². The Kier molecular flexibility index (Phi) is 4.84. The number of hydrogen-bond donors (Lipinski definition) is 2. The summed E-state index contributed by atoms with van der Waals surface area (Å²) in [5.41, 5.74) is 3.75. The highest BCUT2D eigenvalue weighted by Gasteiger charge is 2.32. The quantitative estimate of drug-likeness (QED) is 0.860. The molecule has 0 aliphatic carbocycles. The summed E-state index contributed by atoms with van der Waals surface area (Å²) in [7, 11) is -3.89. The third-order valence-electron chi connectivity index (χ3n) is 4.67. The SMILES string of the molecule is Cc1cc(C)cc(NS(=O)(=O)c2c(C)[nH]c(C)c2C(=O)N2CCCC2)c1. The molecule has 1 aromatic heterocycles. The lowest BCUT2D eigenvalue weighted by molar-refractivity contribution is 0.0788. The molecule has 1 amide bonds. The number of aromatic amines is 1. The normalized spacial score (nSPS) is 14.7. The first-order valence-electron chi connectivity index (χ1n) is 8.78. The molecule has 7 heteroatoms. The number of benzene rings is 1. The minimum absolute atomic E-state index is 0.0473. The molecular weight excluding hydrogens is 350 g/mol. The molecule has 0 saturated carbocycles. The summed E-state index contributed by atoms with van der Waals surface area (Å²) in [6.45, 7) is 8.60. The minimum Gasteiger partial charge on any atom is -0.361 e. The monoisotopic (exact) mass is 375 g/mol. The van der Waals surface area contributed by atoms with Gasteiger partial charge < -0.3 is 9.88 Å². The van der Waals surface area contributed by atoms with E-state index in [1.54, 1.807) is 30.9 Å². The maximum atomic E-state index is 13.1. The van der Waals surface area contributed by atoms with Gasteiger partial charge in [0.15, 0.2) is 0 Å². The van der Waals surface area contributed by atoms with E-state index in [1.165, 1.54) is 0 Å². The van der Waals surface area contributed by atoms with Gasteiger partial charge in [0.25, 0.3) is 15.9 Å². The van der Waals surface area contributed by atoms with Crippen LogP contribution in [-0.2, 0) is 10.0 Å². The molecule has 2 aromatic rings. The topological polar surface area (TPSA) is 82.3 Å². The highest BCUT2D eigenvalue weighted by Crippen LogP contribution is 2.28. The molecule has 2 heterocycles. The fraction of sp³-hybridized carbons (Fsp3) is 0.421. The molecule has 1 fully saturated rings. The molecule has 0 unspecified atom stereocenters. The Morgan fingerprint density at radius 3 is 2.15 bits per heavy atom. The second kappa shape index (κ2) is 6.79. The van der Waals surface area contributed by atoms with Crippen LogP contribution in [0.1, 0.15) is 45.7 Å². The van der Waals surface area contributed by atoms with Gasteiger partial charge in [-0.05, 0) is 63.8 Å².